The van der Waals surface area contributed by atoms with E-state index in [1.165, 1.54) is 44.5 Å². The van der Waals surface area contributed by atoms with Crippen molar-refractivity contribution in [3.8, 4) is 0 Å². The van der Waals surface area contributed by atoms with Crippen molar-refractivity contribution in [3.05, 3.63) is 34.9 Å². The number of nitrogens with one attached hydrogen (secondary N) is 2. The molecular formula is C19H31ClN4. The van der Waals surface area contributed by atoms with Crippen LogP contribution in [0.25, 0.3) is 0 Å². The van der Waals surface area contributed by atoms with Crippen LogP contribution in [0.3, 0.4) is 0 Å². The third-order valence-electron chi connectivity index (χ3n) is 4.40. The minimum absolute atomic E-state index is 0.534. The van der Waals surface area contributed by atoms with Crippen molar-refractivity contribution >= 4 is 17.6 Å². The molecule has 0 spiro atoms. The lowest BCUT2D eigenvalue weighted by atomic mass is 10.1. The molecule has 1 aromatic carbocycles. The van der Waals surface area contributed by atoms with Crippen LogP contribution in [0, 0.1) is 0 Å². The Kier molecular flexibility index (Phi) is 8.40. The van der Waals surface area contributed by atoms with Crippen molar-refractivity contribution < 1.29 is 0 Å². The van der Waals surface area contributed by atoms with Gasteiger partial charge in [-0.1, -0.05) is 30.7 Å². The second kappa shape index (κ2) is 10.6. The van der Waals surface area contributed by atoms with Gasteiger partial charge in [-0.05, 0) is 56.8 Å². The van der Waals surface area contributed by atoms with Crippen molar-refractivity contribution in [2.75, 3.05) is 32.7 Å². The first-order valence-corrected chi connectivity index (χ1v) is 9.60. The van der Waals surface area contributed by atoms with Gasteiger partial charge in [-0.2, -0.15) is 0 Å². The molecular weight excluding hydrogens is 320 g/mol. The highest BCUT2D eigenvalue weighted by Gasteiger charge is 2.19. The SMILES string of the molecule is CCCN1CCC(NC(=NCCc2ccc(Cl)cc2)NCC)CC1. The highest BCUT2D eigenvalue weighted by atomic mass is 35.5. The number of piperidine rings is 1. The molecule has 1 heterocycles. The van der Waals surface area contributed by atoms with Gasteiger partial charge in [0, 0.05) is 37.2 Å². The molecule has 0 atom stereocenters. The zero-order valence-corrected chi connectivity index (χ0v) is 15.8. The molecule has 0 amide bonds. The number of hydrogen-bond donors (Lipinski definition) is 2. The molecule has 1 aliphatic heterocycles. The van der Waals surface area contributed by atoms with Crippen LogP contribution in [0.2, 0.25) is 5.02 Å². The quantitative estimate of drug-likeness (QED) is 0.585. The lowest BCUT2D eigenvalue weighted by molar-refractivity contribution is 0.206. The van der Waals surface area contributed by atoms with Gasteiger partial charge in [-0.15, -0.1) is 0 Å². The number of rotatable bonds is 7. The Balaban J connectivity index is 1.79. The molecule has 0 unspecified atom stereocenters. The predicted octanol–water partition coefficient (Wildman–Crippen LogP) is 3.31. The average Bonchev–Trinajstić information content (AvgIpc) is 2.59. The van der Waals surface area contributed by atoms with Crippen LogP contribution >= 0.6 is 11.6 Å². The van der Waals surface area contributed by atoms with Gasteiger partial charge in [0.25, 0.3) is 0 Å². The van der Waals surface area contributed by atoms with Crippen LogP contribution in [0.5, 0.6) is 0 Å². The third-order valence-corrected chi connectivity index (χ3v) is 4.65. The molecule has 1 aliphatic rings. The van der Waals surface area contributed by atoms with Crippen molar-refractivity contribution in [3.63, 3.8) is 0 Å². The fraction of sp³-hybridized carbons (Fsp3) is 0.632. The molecule has 24 heavy (non-hydrogen) atoms. The molecule has 5 heteroatoms. The average molecular weight is 351 g/mol. The summed E-state index contributed by atoms with van der Waals surface area (Å²) in [7, 11) is 0. The zero-order chi connectivity index (χ0) is 17.2. The van der Waals surface area contributed by atoms with Crippen molar-refractivity contribution in [2.45, 2.75) is 45.6 Å². The Morgan fingerprint density at radius 3 is 2.54 bits per heavy atom. The van der Waals surface area contributed by atoms with Crippen molar-refractivity contribution in [1.82, 2.24) is 15.5 Å². The lowest BCUT2D eigenvalue weighted by Gasteiger charge is -2.32. The molecule has 1 fully saturated rings. The summed E-state index contributed by atoms with van der Waals surface area (Å²) >= 11 is 5.92. The largest absolute Gasteiger partial charge is 0.357 e. The van der Waals surface area contributed by atoms with Crippen molar-refractivity contribution in [2.24, 2.45) is 4.99 Å². The van der Waals surface area contributed by atoms with Gasteiger partial charge in [-0.3, -0.25) is 4.99 Å². The van der Waals surface area contributed by atoms with E-state index in [0.29, 0.717) is 6.04 Å². The highest BCUT2D eigenvalue weighted by molar-refractivity contribution is 6.30. The molecule has 134 valence electrons. The van der Waals surface area contributed by atoms with E-state index in [9.17, 15) is 0 Å². The van der Waals surface area contributed by atoms with E-state index < -0.39 is 0 Å². The summed E-state index contributed by atoms with van der Waals surface area (Å²) in [6.45, 7) is 9.64. The van der Waals surface area contributed by atoms with Gasteiger partial charge < -0.3 is 15.5 Å². The van der Waals surface area contributed by atoms with E-state index in [1.54, 1.807) is 0 Å². The highest BCUT2D eigenvalue weighted by Crippen LogP contribution is 2.11. The zero-order valence-electron chi connectivity index (χ0n) is 15.0. The topological polar surface area (TPSA) is 39.7 Å². The summed E-state index contributed by atoms with van der Waals surface area (Å²) in [4.78, 5) is 7.29. The Hall–Kier alpha value is -1.26. The number of halogens is 1. The van der Waals surface area contributed by atoms with Crippen LogP contribution in [-0.4, -0.2) is 49.6 Å². The fourth-order valence-corrected chi connectivity index (χ4v) is 3.20. The van der Waals surface area contributed by atoms with E-state index in [4.69, 9.17) is 16.6 Å². The van der Waals surface area contributed by atoms with Gasteiger partial charge in [0.05, 0.1) is 0 Å². The molecule has 0 aliphatic carbocycles. The van der Waals surface area contributed by atoms with Crippen LogP contribution in [0.15, 0.2) is 29.3 Å². The summed E-state index contributed by atoms with van der Waals surface area (Å²) in [6, 6.07) is 8.55. The van der Waals surface area contributed by atoms with Gasteiger partial charge in [0.1, 0.15) is 0 Å². The van der Waals surface area contributed by atoms with E-state index in [-0.39, 0.29) is 0 Å². The Bertz CT molecular complexity index is 493. The maximum Gasteiger partial charge on any atom is 0.191 e. The number of benzene rings is 1. The summed E-state index contributed by atoms with van der Waals surface area (Å²) in [5, 5.41) is 7.76. The van der Waals surface area contributed by atoms with Gasteiger partial charge in [-0.25, -0.2) is 0 Å². The maximum absolute atomic E-state index is 5.92. The number of likely N-dealkylation sites (tertiary alicyclic amines) is 1. The number of nitrogens with zero attached hydrogens (tertiary/aromatic N) is 2. The van der Waals surface area contributed by atoms with Gasteiger partial charge in [0.2, 0.25) is 0 Å². The van der Waals surface area contributed by atoms with Crippen LogP contribution < -0.4 is 10.6 Å². The lowest BCUT2D eigenvalue weighted by Crippen LogP contribution is -2.48. The van der Waals surface area contributed by atoms with Crippen LogP contribution in [-0.2, 0) is 6.42 Å². The Morgan fingerprint density at radius 1 is 1.21 bits per heavy atom. The first-order valence-electron chi connectivity index (χ1n) is 9.23. The standard InChI is InChI=1S/C19H31ClN4/c1-3-13-24-14-10-18(11-15-24)23-19(21-4-2)22-12-9-16-5-7-17(20)8-6-16/h5-8,18H,3-4,9-15H2,1-2H3,(H2,21,22,23). The molecule has 0 aromatic heterocycles. The van der Waals surface area contributed by atoms with Crippen LogP contribution in [0.4, 0.5) is 0 Å². The first kappa shape index (κ1) is 19.1. The summed E-state index contributed by atoms with van der Waals surface area (Å²) < 4.78 is 0. The number of aliphatic imine (C=N–C) groups is 1. The second-order valence-corrected chi connectivity index (χ2v) is 6.83. The summed E-state index contributed by atoms with van der Waals surface area (Å²) in [5.74, 6) is 0.945. The van der Waals surface area contributed by atoms with E-state index >= 15 is 0 Å². The monoisotopic (exact) mass is 350 g/mol. The number of hydrogen-bond acceptors (Lipinski definition) is 2. The molecule has 0 saturated carbocycles. The minimum Gasteiger partial charge on any atom is -0.357 e. The molecule has 1 aromatic rings. The molecule has 1 saturated heterocycles. The summed E-state index contributed by atoms with van der Waals surface area (Å²) in [6.07, 6.45) is 4.57. The second-order valence-electron chi connectivity index (χ2n) is 6.40. The maximum atomic E-state index is 5.92. The summed E-state index contributed by atoms with van der Waals surface area (Å²) in [5.41, 5.74) is 1.27. The molecule has 2 N–H and O–H groups in total. The first-order chi connectivity index (χ1) is 11.7. The molecule has 0 radical (unpaired) electrons. The number of guanidine groups is 1. The Labute approximate surface area is 151 Å². The van der Waals surface area contributed by atoms with Crippen LogP contribution in [0.1, 0.15) is 38.7 Å². The molecule has 4 nitrogen and oxygen atoms in total. The van der Waals surface area contributed by atoms with Gasteiger partial charge in [0.15, 0.2) is 5.96 Å². The van der Waals surface area contributed by atoms with Crippen molar-refractivity contribution in [1.29, 1.82) is 0 Å². The molecule has 2 rings (SSSR count). The minimum atomic E-state index is 0.534. The van der Waals surface area contributed by atoms with E-state index in [0.717, 1.165) is 30.5 Å². The predicted molar refractivity (Wildman–Crippen MR) is 104 cm³/mol. The molecule has 0 bridgehead atoms. The van der Waals surface area contributed by atoms with E-state index in [2.05, 4.69) is 41.5 Å². The fourth-order valence-electron chi connectivity index (χ4n) is 3.08. The van der Waals surface area contributed by atoms with E-state index in [1.807, 2.05) is 12.1 Å². The Morgan fingerprint density at radius 2 is 1.92 bits per heavy atom. The normalized spacial score (nSPS) is 17.0. The third kappa shape index (κ3) is 6.70. The van der Waals surface area contributed by atoms with Gasteiger partial charge >= 0.3 is 0 Å². The smallest absolute Gasteiger partial charge is 0.191 e.